The molecule has 0 amide bonds. The molecule has 0 radical (unpaired) electrons. The van der Waals surface area contributed by atoms with Crippen LogP contribution in [-0.4, -0.2) is 53.3 Å². The van der Waals surface area contributed by atoms with Crippen molar-refractivity contribution >= 4 is 11.8 Å². The molecule has 1 aromatic carbocycles. The molecular formula is C19H25N5O2. The number of nitrogens with zero attached hydrogens (tertiary/aromatic N) is 3. The molecule has 1 aromatic heterocycles. The van der Waals surface area contributed by atoms with Gasteiger partial charge in [0.2, 0.25) is 11.8 Å². The highest BCUT2D eigenvalue weighted by molar-refractivity contribution is 5.52. The number of anilines is 2. The largest absolute Gasteiger partial charge is 0.466 e. The van der Waals surface area contributed by atoms with Gasteiger partial charge in [0.05, 0.1) is 18.8 Å². The molecule has 7 heteroatoms. The Morgan fingerprint density at radius 3 is 2.85 bits per heavy atom. The first kappa shape index (κ1) is 17.1. The van der Waals surface area contributed by atoms with Crippen LogP contribution in [0.4, 0.5) is 11.8 Å². The summed E-state index contributed by atoms with van der Waals surface area (Å²) in [5.74, 6) is 1.06. The Balaban J connectivity index is 1.41. The van der Waals surface area contributed by atoms with Crippen LogP contribution in [0.2, 0.25) is 0 Å². The quantitative estimate of drug-likeness (QED) is 0.852. The van der Waals surface area contributed by atoms with E-state index >= 15 is 0 Å². The normalized spacial score (nSPS) is 22.8. The highest BCUT2D eigenvalue weighted by atomic mass is 16.6. The molecular weight excluding hydrogens is 330 g/mol. The fraction of sp³-hybridized carbons (Fsp3) is 0.474. The van der Waals surface area contributed by atoms with Crippen LogP contribution in [0.3, 0.4) is 0 Å². The number of rotatable bonds is 4. The van der Waals surface area contributed by atoms with Crippen molar-refractivity contribution in [3.05, 3.63) is 41.5 Å². The summed E-state index contributed by atoms with van der Waals surface area (Å²) >= 11 is 0. The number of nitrogen functional groups attached to an aromatic ring is 2. The molecule has 0 aliphatic carbocycles. The monoisotopic (exact) mass is 355 g/mol. The number of hydrogen-bond acceptors (Lipinski definition) is 7. The third-order valence-electron chi connectivity index (χ3n) is 5.04. The lowest BCUT2D eigenvalue weighted by Crippen LogP contribution is -2.48. The van der Waals surface area contributed by atoms with Gasteiger partial charge in [0, 0.05) is 19.5 Å². The van der Waals surface area contributed by atoms with Crippen molar-refractivity contribution < 1.29 is 9.47 Å². The molecule has 1 fully saturated rings. The molecule has 138 valence electrons. The first-order valence-electron chi connectivity index (χ1n) is 9.08. The molecule has 1 atom stereocenters. The van der Waals surface area contributed by atoms with Gasteiger partial charge < -0.3 is 20.9 Å². The van der Waals surface area contributed by atoms with Gasteiger partial charge in [-0.1, -0.05) is 30.3 Å². The number of hydrogen-bond donors (Lipinski definition) is 2. The number of ether oxygens (including phenoxy) is 2. The molecule has 2 aliphatic rings. The summed E-state index contributed by atoms with van der Waals surface area (Å²) in [6.07, 6.45) is 2.83. The summed E-state index contributed by atoms with van der Waals surface area (Å²) in [6, 6.07) is 10.6. The Morgan fingerprint density at radius 1 is 1.15 bits per heavy atom. The molecule has 4 N–H and O–H groups in total. The van der Waals surface area contributed by atoms with Crippen LogP contribution in [0.15, 0.2) is 30.3 Å². The standard InChI is InChI=1S/C19H25N5O2/c20-16-15-11-19(26-17(15)23-18(21)22-16)12-24(9-10-25-13-19)8-4-7-14-5-2-1-3-6-14/h1-3,5-6H,4,7-13H2,(H4,20,21,22,23)/t19-/m1/s1. The van der Waals surface area contributed by atoms with Crippen LogP contribution < -0.4 is 16.2 Å². The van der Waals surface area contributed by atoms with Gasteiger partial charge in [-0.2, -0.15) is 9.97 Å². The van der Waals surface area contributed by atoms with Gasteiger partial charge >= 0.3 is 0 Å². The maximum Gasteiger partial charge on any atom is 0.225 e. The zero-order valence-corrected chi connectivity index (χ0v) is 14.9. The molecule has 7 nitrogen and oxygen atoms in total. The summed E-state index contributed by atoms with van der Waals surface area (Å²) in [6.45, 7) is 3.92. The lowest BCUT2D eigenvalue weighted by Gasteiger charge is -2.31. The van der Waals surface area contributed by atoms with E-state index < -0.39 is 5.60 Å². The zero-order chi connectivity index (χ0) is 18.0. The van der Waals surface area contributed by atoms with Crippen molar-refractivity contribution in [3.63, 3.8) is 0 Å². The summed E-state index contributed by atoms with van der Waals surface area (Å²) < 4.78 is 12.0. The summed E-state index contributed by atoms with van der Waals surface area (Å²) in [4.78, 5) is 10.7. The third kappa shape index (κ3) is 3.59. The molecule has 2 aliphatic heterocycles. The SMILES string of the molecule is Nc1nc(N)c2c(n1)O[C@]1(COCCN(CCCc3ccccc3)C1)C2. The highest BCUT2D eigenvalue weighted by Crippen LogP contribution is 2.38. The summed E-state index contributed by atoms with van der Waals surface area (Å²) in [7, 11) is 0. The molecule has 1 spiro atoms. The van der Waals surface area contributed by atoms with Crippen LogP contribution >= 0.6 is 0 Å². The van der Waals surface area contributed by atoms with Crippen LogP contribution in [0.25, 0.3) is 0 Å². The van der Waals surface area contributed by atoms with Crippen molar-refractivity contribution in [2.24, 2.45) is 0 Å². The van der Waals surface area contributed by atoms with Crippen molar-refractivity contribution in [2.75, 3.05) is 44.3 Å². The van der Waals surface area contributed by atoms with E-state index in [-0.39, 0.29) is 5.95 Å². The van der Waals surface area contributed by atoms with Crippen molar-refractivity contribution in [1.29, 1.82) is 0 Å². The second-order valence-electron chi connectivity index (χ2n) is 7.13. The lowest BCUT2D eigenvalue weighted by atomic mass is 9.97. The Kier molecular flexibility index (Phi) is 4.65. The van der Waals surface area contributed by atoms with Crippen molar-refractivity contribution in [3.8, 4) is 5.88 Å². The smallest absolute Gasteiger partial charge is 0.225 e. The molecule has 26 heavy (non-hydrogen) atoms. The van der Waals surface area contributed by atoms with Gasteiger partial charge in [0.1, 0.15) is 5.82 Å². The highest BCUT2D eigenvalue weighted by Gasteiger charge is 2.44. The van der Waals surface area contributed by atoms with Gasteiger partial charge in [-0.25, -0.2) is 0 Å². The number of aromatic nitrogens is 2. The Bertz CT molecular complexity index is 770. The molecule has 4 rings (SSSR count). The molecule has 0 saturated carbocycles. The fourth-order valence-corrected chi connectivity index (χ4v) is 3.81. The van der Waals surface area contributed by atoms with E-state index in [0.717, 1.165) is 38.0 Å². The van der Waals surface area contributed by atoms with E-state index in [1.165, 1.54) is 5.56 Å². The van der Waals surface area contributed by atoms with E-state index in [0.29, 0.717) is 31.3 Å². The topological polar surface area (TPSA) is 99.5 Å². The van der Waals surface area contributed by atoms with Crippen molar-refractivity contribution in [1.82, 2.24) is 14.9 Å². The Labute approximate surface area is 153 Å². The minimum absolute atomic E-state index is 0.146. The van der Waals surface area contributed by atoms with Crippen LogP contribution in [0.5, 0.6) is 5.88 Å². The maximum absolute atomic E-state index is 6.19. The summed E-state index contributed by atoms with van der Waals surface area (Å²) in [5.41, 5.74) is 13.5. The van der Waals surface area contributed by atoms with Gasteiger partial charge in [0.15, 0.2) is 5.60 Å². The van der Waals surface area contributed by atoms with E-state index in [1.807, 2.05) is 0 Å². The van der Waals surface area contributed by atoms with Gasteiger partial charge in [-0.3, -0.25) is 4.90 Å². The average molecular weight is 355 g/mol. The van der Waals surface area contributed by atoms with Crippen LogP contribution in [-0.2, 0) is 17.6 Å². The number of aryl methyl sites for hydroxylation is 1. The second-order valence-corrected chi connectivity index (χ2v) is 7.13. The first-order chi connectivity index (χ1) is 12.6. The summed E-state index contributed by atoms with van der Waals surface area (Å²) in [5, 5.41) is 0. The predicted octanol–water partition coefficient (Wildman–Crippen LogP) is 1.28. The predicted molar refractivity (Wildman–Crippen MR) is 99.9 cm³/mol. The molecule has 1 saturated heterocycles. The van der Waals surface area contributed by atoms with Gasteiger partial charge in [-0.05, 0) is 24.9 Å². The van der Waals surface area contributed by atoms with Gasteiger partial charge in [-0.15, -0.1) is 0 Å². The van der Waals surface area contributed by atoms with E-state index in [1.54, 1.807) is 0 Å². The molecule has 3 heterocycles. The van der Waals surface area contributed by atoms with E-state index in [2.05, 4.69) is 45.2 Å². The molecule has 2 aromatic rings. The minimum atomic E-state index is -0.456. The first-order valence-corrected chi connectivity index (χ1v) is 9.08. The van der Waals surface area contributed by atoms with E-state index in [4.69, 9.17) is 20.9 Å². The lowest BCUT2D eigenvalue weighted by molar-refractivity contribution is -0.00212. The minimum Gasteiger partial charge on any atom is -0.466 e. The molecule has 0 bridgehead atoms. The zero-order valence-electron chi connectivity index (χ0n) is 14.9. The fourth-order valence-electron chi connectivity index (χ4n) is 3.81. The van der Waals surface area contributed by atoms with Crippen molar-refractivity contribution in [2.45, 2.75) is 24.9 Å². The average Bonchev–Trinajstić information content (AvgIpc) is 2.85. The maximum atomic E-state index is 6.19. The Morgan fingerprint density at radius 2 is 2.00 bits per heavy atom. The number of fused-ring (bicyclic) bond motifs is 1. The van der Waals surface area contributed by atoms with Crippen LogP contribution in [0, 0.1) is 0 Å². The molecule has 0 unspecified atom stereocenters. The number of nitrogens with two attached hydrogens (primary N) is 2. The number of benzene rings is 1. The van der Waals surface area contributed by atoms with Crippen LogP contribution in [0.1, 0.15) is 17.5 Å². The van der Waals surface area contributed by atoms with Gasteiger partial charge in [0.25, 0.3) is 0 Å². The Hall–Kier alpha value is -2.38. The second kappa shape index (κ2) is 7.09. The van der Waals surface area contributed by atoms with E-state index in [9.17, 15) is 0 Å². The third-order valence-corrected chi connectivity index (χ3v) is 5.04.